The third kappa shape index (κ3) is 3.46. The molecule has 0 aromatic rings. The van der Waals surface area contributed by atoms with Crippen LogP contribution >= 0.6 is 0 Å². The Kier molecular flexibility index (Phi) is 4.91. The summed E-state index contributed by atoms with van der Waals surface area (Å²) in [7, 11) is 0. The molecule has 0 aromatic heterocycles. The van der Waals surface area contributed by atoms with E-state index >= 15 is 0 Å². The fourth-order valence-electron chi connectivity index (χ4n) is 5.68. The highest BCUT2D eigenvalue weighted by Gasteiger charge is 2.54. The van der Waals surface area contributed by atoms with Crippen molar-refractivity contribution in [3.63, 3.8) is 0 Å². The van der Waals surface area contributed by atoms with Crippen molar-refractivity contribution >= 4 is 5.91 Å². The van der Waals surface area contributed by atoms with Crippen LogP contribution in [-0.4, -0.2) is 12.5 Å². The van der Waals surface area contributed by atoms with Crippen LogP contribution in [0.3, 0.4) is 0 Å². The molecule has 1 N–H and O–H groups in total. The van der Waals surface area contributed by atoms with Crippen molar-refractivity contribution in [2.24, 2.45) is 23.2 Å². The third-order valence-corrected chi connectivity index (χ3v) is 6.34. The van der Waals surface area contributed by atoms with Gasteiger partial charge in [0.25, 0.3) is 0 Å². The van der Waals surface area contributed by atoms with E-state index in [0.29, 0.717) is 5.91 Å². The normalized spacial score (nSPS) is 36.9. The molecule has 0 atom stereocenters. The first-order chi connectivity index (χ1) is 10.2. The lowest BCUT2D eigenvalue weighted by Crippen LogP contribution is -2.53. The Morgan fingerprint density at radius 1 is 0.905 bits per heavy atom. The Balaban J connectivity index is 1.39. The summed E-state index contributed by atoms with van der Waals surface area (Å²) in [5.41, 5.74) is 0.0525. The molecule has 1 amide bonds. The number of hydrogen-bond donors (Lipinski definition) is 1. The number of unbranched alkanes of at least 4 members (excludes halogenated alkanes) is 5. The van der Waals surface area contributed by atoms with Gasteiger partial charge >= 0.3 is 0 Å². The quantitative estimate of drug-likeness (QED) is 0.646. The average molecular weight is 291 g/mol. The molecule has 4 saturated carbocycles. The highest BCUT2D eigenvalue weighted by molar-refractivity contribution is 5.83. The lowest BCUT2D eigenvalue weighted by atomic mass is 9.49. The smallest absolute Gasteiger partial charge is 0.226 e. The van der Waals surface area contributed by atoms with Crippen LogP contribution in [0.4, 0.5) is 0 Å². The van der Waals surface area contributed by atoms with Gasteiger partial charge in [0.05, 0.1) is 0 Å². The number of carbonyl (C=O) groups is 1. The predicted molar refractivity (Wildman–Crippen MR) is 87.0 cm³/mol. The minimum Gasteiger partial charge on any atom is -0.356 e. The van der Waals surface area contributed by atoms with Crippen LogP contribution in [0, 0.1) is 23.2 Å². The first kappa shape index (κ1) is 15.4. The van der Waals surface area contributed by atoms with E-state index in [0.717, 1.165) is 24.3 Å². The van der Waals surface area contributed by atoms with Gasteiger partial charge < -0.3 is 5.32 Å². The summed E-state index contributed by atoms with van der Waals surface area (Å²) in [6.07, 6.45) is 15.7. The lowest BCUT2D eigenvalue weighted by molar-refractivity contribution is -0.146. The van der Waals surface area contributed by atoms with Crippen LogP contribution in [0.2, 0.25) is 0 Å². The van der Waals surface area contributed by atoms with Gasteiger partial charge in [-0.25, -0.2) is 0 Å². The molecule has 0 unspecified atom stereocenters. The molecule has 0 heterocycles. The molecule has 21 heavy (non-hydrogen) atoms. The van der Waals surface area contributed by atoms with E-state index in [1.807, 2.05) is 0 Å². The van der Waals surface area contributed by atoms with Gasteiger partial charge in [-0.1, -0.05) is 39.0 Å². The van der Waals surface area contributed by atoms with E-state index in [1.165, 1.54) is 77.0 Å². The van der Waals surface area contributed by atoms with Crippen LogP contribution in [0.15, 0.2) is 0 Å². The Hall–Kier alpha value is -0.530. The lowest BCUT2D eigenvalue weighted by Gasteiger charge is -2.55. The molecule has 4 fully saturated rings. The SMILES string of the molecule is CCCCCCCCNC(=O)C12CC3CC(CC(C3)C1)C2. The average Bonchev–Trinajstić information content (AvgIpc) is 2.44. The summed E-state index contributed by atoms with van der Waals surface area (Å²) >= 11 is 0. The molecule has 2 nitrogen and oxygen atoms in total. The number of hydrogen-bond acceptors (Lipinski definition) is 1. The zero-order chi connectivity index (χ0) is 14.7. The molecule has 4 rings (SSSR count). The minimum absolute atomic E-state index is 0.0525. The molecular weight excluding hydrogens is 258 g/mol. The fraction of sp³-hybridized carbons (Fsp3) is 0.947. The number of amides is 1. The maximum atomic E-state index is 12.7. The predicted octanol–water partition coefficient (Wildman–Crippen LogP) is 4.68. The second kappa shape index (κ2) is 6.71. The number of rotatable bonds is 8. The summed E-state index contributed by atoms with van der Waals surface area (Å²) in [5, 5.41) is 3.29. The third-order valence-electron chi connectivity index (χ3n) is 6.34. The monoisotopic (exact) mass is 291 g/mol. The summed E-state index contributed by atoms with van der Waals surface area (Å²) in [6, 6.07) is 0. The zero-order valence-corrected chi connectivity index (χ0v) is 13.8. The highest BCUT2D eigenvalue weighted by atomic mass is 16.2. The van der Waals surface area contributed by atoms with Gasteiger partial charge in [0.1, 0.15) is 0 Å². The number of nitrogens with one attached hydrogen (secondary N) is 1. The Morgan fingerprint density at radius 3 is 2.00 bits per heavy atom. The summed E-state index contributed by atoms with van der Waals surface area (Å²) in [6.45, 7) is 3.17. The van der Waals surface area contributed by atoms with Crippen LogP contribution < -0.4 is 5.32 Å². The molecule has 0 spiro atoms. The largest absolute Gasteiger partial charge is 0.356 e. The van der Waals surface area contributed by atoms with Crippen molar-refractivity contribution in [1.29, 1.82) is 0 Å². The second-order valence-corrected chi connectivity index (χ2v) is 8.22. The van der Waals surface area contributed by atoms with Gasteiger partial charge in [-0.2, -0.15) is 0 Å². The molecule has 4 aliphatic carbocycles. The minimum atomic E-state index is 0.0525. The molecule has 120 valence electrons. The summed E-state index contributed by atoms with van der Waals surface area (Å²) in [4.78, 5) is 12.7. The zero-order valence-electron chi connectivity index (χ0n) is 13.8. The standard InChI is InChI=1S/C19H33NO/c1-2-3-4-5-6-7-8-20-18(21)19-12-15-9-16(13-19)11-17(10-15)14-19/h15-17H,2-14H2,1H3,(H,20,21). The van der Waals surface area contributed by atoms with Gasteiger partial charge in [0.15, 0.2) is 0 Å². The van der Waals surface area contributed by atoms with Crippen LogP contribution in [-0.2, 0) is 4.79 Å². The van der Waals surface area contributed by atoms with E-state index in [-0.39, 0.29) is 5.41 Å². The van der Waals surface area contributed by atoms with E-state index < -0.39 is 0 Å². The molecule has 4 bridgehead atoms. The van der Waals surface area contributed by atoms with Gasteiger partial charge in [0, 0.05) is 12.0 Å². The van der Waals surface area contributed by atoms with E-state index in [9.17, 15) is 4.79 Å². The van der Waals surface area contributed by atoms with Crippen molar-refractivity contribution < 1.29 is 4.79 Å². The molecule has 0 aromatic carbocycles. The van der Waals surface area contributed by atoms with Gasteiger partial charge in [-0.15, -0.1) is 0 Å². The first-order valence-electron chi connectivity index (χ1n) is 9.50. The summed E-state index contributed by atoms with van der Waals surface area (Å²) in [5.74, 6) is 3.03. The topological polar surface area (TPSA) is 29.1 Å². The van der Waals surface area contributed by atoms with Crippen LogP contribution in [0.25, 0.3) is 0 Å². The van der Waals surface area contributed by atoms with E-state index in [4.69, 9.17) is 0 Å². The van der Waals surface area contributed by atoms with Crippen molar-refractivity contribution in [1.82, 2.24) is 5.32 Å². The van der Waals surface area contributed by atoms with Crippen molar-refractivity contribution in [2.45, 2.75) is 84.0 Å². The fourth-order valence-corrected chi connectivity index (χ4v) is 5.68. The molecule has 4 aliphatic rings. The van der Waals surface area contributed by atoms with Crippen molar-refractivity contribution in [2.75, 3.05) is 6.54 Å². The maximum Gasteiger partial charge on any atom is 0.226 e. The molecule has 0 radical (unpaired) electrons. The molecule has 0 saturated heterocycles. The maximum absolute atomic E-state index is 12.7. The van der Waals surface area contributed by atoms with Crippen LogP contribution in [0.1, 0.15) is 84.0 Å². The van der Waals surface area contributed by atoms with E-state index in [1.54, 1.807) is 0 Å². The summed E-state index contributed by atoms with van der Waals surface area (Å²) < 4.78 is 0. The molecule has 0 aliphatic heterocycles. The molecule has 2 heteroatoms. The first-order valence-corrected chi connectivity index (χ1v) is 9.50. The number of carbonyl (C=O) groups excluding carboxylic acids is 1. The van der Waals surface area contributed by atoms with E-state index in [2.05, 4.69) is 12.2 Å². The van der Waals surface area contributed by atoms with Crippen LogP contribution in [0.5, 0.6) is 0 Å². The van der Waals surface area contributed by atoms with Gasteiger partial charge in [-0.3, -0.25) is 4.79 Å². The van der Waals surface area contributed by atoms with Gasteiger partial charge in [-0.05, 0) is 62.7 Å². The Bertz CT molecular complexity index is 327. The Morgan fingerprint density at radius 2 is 1.43 bits per heavy atom. The van der Waals surface area contributed by atoms with Crippen molar-refractivity contribution in [3.8, 4) is 0 Å². The second-order valence-electron chi connectivity index (χ2n) is 8.22. The molecular formula is C19H33NO. The highest BCUT2D eigenvalue weighted by Crippen LogP contribution is 2.60. The Labute approximate surface area is 130 Å². The van der Waals surface area contributed by atoms with Crippen molar-refractivity contribution in [3.05, 3.63) is 0 Å². The van der Waals surface area contributed by atoms with Gasteiger partial charge in [0.2, 0.25) is 5.91 Å².